The van der Waals surface area contributed by atoms with E-state index in [1.807, 2.05) is 24.3 Å². The van der Waals surface area contributed by atoms with Gasteiger partial charge < -0.3 is 9.64 Å². The molecule has 1 fully saturated rings. The van der Waals surface area contributed by atoms with Gasteiger partial charge in [-0.25, -0.2) is 5.43 Å². The number of nitrogens with zero attached hydrogens (tertiary/aromatic N) is 3. The number of anilines is 1. The van der Waals surface area contributed by atoms with Crippen molar-refractivity contribution in [3.8, 4) is 0 Å². The minimum absolute atomic E-state index is 0.0633. The highest BCUT2D eigenvalue weighted by atomic mass is 16.6. The lowest BCUT2D eigenvalue weighted by molar-refractivity contribution is -0.384. The minimum atomic E-state index is -0.509. The van der Waals surface area contributed by atoms with E-state index in [0.717, 1.165) is 37.6 Å². The van der Waals surface area contributed by atoms with Crippen molar-refractivity contribution >= 4 is 23.0 Å². The van der Waals surface area contributed by atoms with E-state index in [2.05, 4.69) is 15.4 Å². The van der Waals surface area contributed by atoms with Gasteiger partial charge in [-0.3, -0.25) is 14.9 Å². The number of nitro benzene ring substituents is 1. The zero-order valence-electron chi connectivity index (χ0n) is 14.9. The average Bonchev–Trinajstić information content (AvgIpc) is 2.72. The van der Waals surface area contributed by atoms with E-state index in [-0.39, 0.29) is 5.69 Å². The Hall–Kier alpha value is -3.26. The van der Waals surface area contributed by atoms with E-state index in [4.69, 9.17) is 4.74 Å². The van der Waals surface area contributed by atoms with Gasteiger partial charge in [0, 0.05) is 36.5 Å². The molecule has 140 valence electrons. The number of hydrazone groups is 1. The fourth-order valence-electron chi connectivity index (χ4n) is 2.73. The standard InChI is InChI=1S/C19H20N4O4/c1-14(15-2-6-17(7-3-15)22-10-12-27-13-11-22)20-21-19(24)16-4-8-18(9-5-16)23(25)26/h2-9H,10-13H2,1H3,(H,21,24). The van der Waals surface area contributed by atoms with Gasteiger partial charge in [0.1, 0.15) is 0 Å². The number of nitro groups is 1. The van der Waals surface area contributed by atoms with Crippen LogP contribution in [-0.4, -0.2) is 42.8 Å². The number of ether oxygens (including phenoxy) is 1. The van der Waals surface area contributed by atoms with Crippen LogP contribution in [0.5, 0.6) is 0 Å². The second-order valence-electron chi connectivity index (χ2n) is 6.09. The zero-order chi connectivity index (χ0) is 19.2. The van der Waals surface area contributed by atoms with E-state index in [0.29, 0.717) is 11.3 Å². The van der Waals surface area contributed by atoms with Crippen LogP contribution < -0.4 is 10.3 Å². The highest BCUT2D eigenvalue weighted by molar-refractivity contribution is 6.01. The van der Waals surface area contributed by atoms with Crippen molar-refractivity contribution in [2.45, 2.75) is 6.92 Å². The summed E-state index contributed by atoms with van der Waals surface area (Å²) in [6.45, 7) is 5.02. The number of non-ortho nitro benzene ring substituents is 1. The van der Waals surface area contributed by atoms with Gasteiger partial charge >= 0.3 is 0 Å². The molecule has 8 heteroatoms. The Kier molecular flexibility index (Phi) is 5.77. The van der Waals surface area contributed by atoms with Crippen molar-refractivity contribution in [3.05, 3.63) is 69.8 Å². The van der Waals surface area contributed by atoms with Gasteiger partial charge in [0.2, 0.25) is 0 Å². The first-order valence-electron chi connectivity index (χ1n) is 8.57. The zero-order valence-corrected chi connectivity index (χ0v) is 14.9. The van der Waals surface area contributed by atoms with Crippen molar-refractivity contribution < 1.29 is 14.5 Å². The maximum absolute atomic E-state index is 12.1. The summed E-state index contributed by atoms with van der Waals surface area (Å²) in [5.74, 6) is -0.422. The smallest absolute Gasteiger partial charge is 0.271 e. The SMILES string of the molecule is CC(=NNC(=O)c1ccc([N+](=O)[O-])cc1)c1ccc(N2CCOCC2)cc1. The molecule has 0 aromatic heterocycles. The summed E-state index contributed by atoms with van der Waals surface area (Å²) in [6.07, 6.45) is 0. The Bertz CT molecular complexity index is 841. The number of morpholine rings is 1. The number of carbonyl (C=O) groups excluding carboxylic acids is 1. The van der Waals surface area contributed by atoms with E-state index >= 15 is 0 Å². The van der Waals surface area contributed by atoms with Gasteiger partial charge in [0.15, 0.2) is 0 Å². The van der Waals surface area contributed by atoms with Gasteiger partial charge in [-0.15, -0.1) is 0 Å². The molecular weight excluding hydrogens is 348 g/mol. The van der Waals surface area contributed by atoms with Crippen LogP contribution in [0.2, 0.25) is 0 Å². The van der Waals surface area contributed by atoms with Crippen molar-refractivity contribution in [1.29, 1.82) is 0 Å². The second-order valence-corrected chi connectivity index (χ2v) is 6.09. The molecule has 0 atom stereocenters. The fourth-order valence-corrected chi connectivity index (χ4v) is 2.73. The summed E-state index contributed by atoms with van der Waals surface area (Å²) in [7, 11) is 0. The summed E-state index contributed by atoms with van der Waals surface area (Å²) >= 11 is 0. The number of carbonyl (C=O) groups is 1. The van der Waals surface area contributed by atoms with Gasteiger partial charge in [-0.2, -0.15) is 5.10 Å². The third-order valence-electron chi connectivity index (χ3n) is 4.33. The molecular formula is C19H20N4O4. The largest absolute Gasteiger partial charge is 0.378 e. The first-order valence-corrected chi connectivity index (χ1v) is 8.57. The van der Waals surface area contributed by atoms with Gasteiger partial charge in [-0.05, 0) is 36.8 Å². The first kappa shape index (κ1) is 18.5. The molecule has 27 heavy (non-hydrogen) atoms. The fraction of sp³-hybridized carbons (Fsp3) is 0.263. The molecule has 0 unspecified atom stereocenters. The molecule has 1 amide bonds. The Morgan fingerprint density at radius 2 is 1.67 bits per heavy atom. The van der Waals surface area contributed by atoms with Crippen molar-refractivity contribution in [3.63, 3.8) is 0 Å². The molecule has 0 saturated carbocycles. The quantitative estimate of drug-likeness (QED) is 0.497. The number of hydrogen-bond acceptors (Lipinski definition) is 6. The topological polar surface area (TPSA) is 97.1 Å². The molecule has 3 rings (SSSR count). The third kappa shape index (κ3) is 4.68. The Morgan fingerprint density at radius 3 is 2.26 bits per heavy atom. The van der Waals surface area contributed by atoms with E-state index in [9.17, 15) is 14.9 Å². The van der Waals surface area contributed by atoms with Gasteiger partial charge in [-0.1, -0.05) is 12.1 Å². The van der Waals surface area contributed by atoms with E-state index in [1.54, 1.807) is 6.92 Å². The molecule has 0 radical (unpaired) electrons. The minimum Gasteiger partial charge on any atom is -0.378 e. The van der Waals surface area contributed by atoms with Gasteiger partial charge in [0.05, 0.1) is 23.8 Å². The Labute approximate surface area is 156 Å². The average molecular weight is 368 g/mol. The predicted octanol–water partition coefficient (Wildman–Crippen LogP) is 2.59. The van der Waals surface area contributed by atoms with Crippen LogP contribution in [0.4, 0.5) is 11.4 Å². The van der Waals surface area contributed by atoms with E-state index in [1.165, 1.54) is 24.3 Å². The highest BCUT2D eigenvalue weighted by Crippen LogP contribution is 2.17. The number of benzene rings is 2. The summed E-state index contributed by atoms with van der Waals surface area (Å²) in [5.41, 5.74) is 5.41. The van der Waals surface area contributed by atoms with Crippen LogP contribution >= 0.6 is 0 Å². The normalized spacial score (nSPS) is 14.7. The molecule has 1 heterocycles. The molecule has 1 saturated heterocycles. The predicted molar refractivity (Wildman–Crippen MR) is 102 cm³/mol. The van der Waals surface area contributed by atoms with Crippen molar-refractivity contribution in [2.24, 2.45) is 5.10 Å². The third-order valence-corrected chi connectivity index (χ3v) is 4.33. The molecule has 0 spiro atoms. The lowest BCUT2D eigenvalue weighted by Crippen LogP contribution is -2.36. The molecule has 0 aliphatic carbocycles. The van der Waals surface area contributed by atoms with Crippen LogP contribution in [0.3, 0.4) is 0 Å². The van der Waals surface area contributed by atoms with Crippen molar-refractivity contribution in [1.82, 2.24) is 5.43 Å². The van der Waals surface area contributed by atoms with Crippen LogP contribution in [0.1, 0.15) is 22.8 Å². The summed E-state index contributed by atoms with van der Waals surface area (Å²) in [5, 5.41) is 14.8. The number of hydrogen-bond donors (Lipinski definition) is 1. The molecule has 1 N–H and O–H groups in total. The first-order chi connectivity index (χ1) is 13.0. The molecule has 2 aromatic rings. The van der Waals surface area contributed by atoms with Crippen LogP contribution in [0.25, 0.3) is 0 Å². The summed E-state index contributed by atoms with van der Waals surface area (Å²) in [4.78, 5) is 24.5. The lowest BCUT2D eigenvalue weighted by atomic mass is 10.1. The molecule has 0 bridgehead atoms. The van der Waals surface area contributed by atoms with Crippen LogP contribution in [0.15, 0.2) is 53.6 Å². The van der Waals surface area contributed by atoms with E-state index < -0.39 is 10.8 Å². The monoisotopic (exact) mass is 368 g/mol. The molecule has 2 aromatic carbocycles. The van der Waals surface area contributed by atoms with Crippen LogP contribution in [-0.2, 0) is 4.74 Å². The van der Waals surface area contributed by atoms with Gasteiger partial charge in [0.25, 0.3) is 11.6 Å². The Morgan fingerprint density at radius 1 is 1.07 bits per heavy atom. The second kappa shape index (κ2) is 8.41. The number of nitrogens with one attached hydrogen (secondary N) is 1. The van der Waals surface area contributed by atoms with Crippen molar-refractivity contribution in [2.75, 3.05) is 31.2 Å². The number of amides is 1. The maximum atomic E-state index is 12.1. The summed E-state index contributed by atoms with van der Waals surface area (Å²) < 4.78 is 5.36. The lowest BCUT2D eigenvalue weighted by Gasteiger charge is -2.28. The summed E-state index contributed by atoms with van der Waals surface area (Å²) in [6, 6.07) is 13.3. The maximum Gasteiger partial charge on any atom is 0.271 e. The molecule has 1 aliphatic heterocycles. The number of rotatable bonds is 5. The Balaban J connectivity index is 1.62. The molecule has 8 nitrogen and oxygen atoms in total. The highest BCUT2D eigenvalue weighted by Gasteiger charge is 2.12. The molecule has 1 aliphatic rings. The van der Waals surface area contributed by atoms with Crippen LogP contribution in [0, 0.1) is 10.1 Å².